The van der Waals surface area contributed by atoms with Crippen LogP contribution in [-0.4, -0.2) is 25.5 Å². The SMILES string of the molecule is COC(=O)CCNC(=O)c1cc(Br)ccc1Cl. The molecule has 0 unspecified atom stereocenters. The summed E-state index contributed by atoms with van der Waals surface area (Å²) in [5.74, 6) is -0.689. The Balaban J connectivity index is 2.58. The van der Waals surface area contributed by atoms with Crippen molar-refractivity contribution in [2.24, 2.45) is 0 Å². The van der Waals surface area contributed by atoms with Crippen molar-refractivity contribution in [2.75, 3.05) is 13.7 Å². The van der Waals surface area contributed by atoms with Crippen LogP contribution in [0, 0.1) is 0 Å². The summed E-state index contributed by atoms with van der Waals surface area (Å²) in [6, 6.07) is 4.99. The number of carbonyl (C=O) groups is 2. The predicted octanol–water partition coefficient (Wildman–Crippen LogP) is 2.40. The maximum absolute atomic E-state index is 11.7. The zero-order chi connectivity index (χ0) is 12.8. The van der Waals surface area contributed by atoms with E-state index in [0.717, 1.165) is 4.47 Å². The van der Waals surface area contributed by atoms with Crippen LogP contribution in [0.4, 0.5) is 0 Å². The van der Waals surface area contributed by atoms with Crippen molar-refractivity contribution in [3.05, 3.63) is 33.3 Å². The molecule has 0 spiro atoms. The number of rotatable bonds is 4. The van der Waals surface area contributed by atoms with Crippen molar-refractivity contribution in [3.8, 4) is 0 Å². The van der Waals surface area contributed by atoms with Crippen LogP contribution in [0.3, 0.4) is 0 Å². The minimum atomic E-state index is -0.370. The lowest BCUT2D eigenvalue weighted by Gasteiger charge is -2.06. The van der Waals surface area contributed by atoms with E-state index < -0.39 is 0 Å². The van der Waals surface area contributed by atoms with Crippen molar-refractivity contribution >= 4 is 39.4 Å². The van der Waals surface area contributed by atoms with Gasteiger partial charge in [-0.3, -0.25) is 9.59 Å². The van der Waals surface area contributed by atoms with E-state index in [1.807, 2.05) is 0 Å². The molecule has 1 N–H and O–H groups in total. The summed E-state index contributed by atoms with van der Waals surface area (Å²) in [4.78, 5) is 22.6. The second-order valence-electron chi connectivity index (χ2n) is 3.21. The number of ether oxygens (including phenoxy) is 1. The van der Waals surface area contributed by atoms with Gasteiger partial charge in [0.15, 0.2) is 0 Å². The minimum absolute atomic E-state index is 0.133. The highest BCUT2D eigenvalue weighted by Crippen LogP contribution is 2.20. The number of amides is 1. The first kappa shape index (κ1) is 14.0. The average Bonchev–Trinajstić information content (AvgIpc) is 2.31. The van der Waals surface area contributed by atoms with E-state index in [1.165, 1.54) is 7.11 Å². The fourth-order valence-electron chi connectivity index (χ4n) is 1.15. The highest BCUT2D eigenvalue weighted by Gasteiger charge is 2.11. The zero-order valence-electron chi connectivity index (χ0n) is 9.13. The smallest absolute Gasteiger partial charge is 0.307 e. The molecule has 1 aromatic rings. The van der Waals surface area contributed by atoms with Crippen LogP contribution >= 0.6 is 27.5 Å². The number of hydrogen-bond acceptors (Lipinski definition) is 3. The van der Waals surface area contributed by atoms with Crippen molar-refractivity contribution < 1.29 is 14.3 Å². The van der Waals surface area contributed by atoms with E-state index in [-0.39, 0.29) is 24.8 Å². The lowest BCUT2D eigenvalue weighted by molar-refractivity contribution is -0.140. The zero-order valence-corrected chi connectivity index (χ0v) is 11.5. The van der Waals surface area contributed by atoms with Crippen molar-refractivity contribution in [2.45, 2.75) is 6.42 Å². The third-order valence-corrected chi connectivity index (χ3v) is 2.84. The molecule has 0 saturated heterocycles. The molecule has 92 valence electrons. The summed E-state index contributed by atoms with van der Waals surface area (Å²) in [7, 11) is 1.30. The maximum atomic E-state index is 11.7. The Kier molecular flexibility index (Phi) is 5.44. The van der Waals surface area contributed by atoms with E-state index in [9.17, 15) is 9.59 Å². The Hall–Kier alpha value is -1.07. The molecular weight excluding hydrogens is 309 g/mol. The molecule has 0 fully saturated rings. The Morgan fingerprint density at radius 2 is 2.18 bits per heavy atom. The maximum Gasteiger partial charge on any atom is 0.307 e. The molecule has 0 aliphatic heterocycles. The third kappa shape index (κ3) is 4.36. The van der Waals surface area contributed by atoms with E-state index in [2.05, 4.69) is 26.0 Å². The van der Waals surface area contributed by atoms with Crippen LogP contribution in [0.5, 0.6) is 0 Å². The molecule has 4 nitrogen and oxygen atoms in total. The van der Waals surface area contributed by atoms with Crippen LogP contribution in [0.2, 0.25) is 5.02 Å². The van der Waals surface area contributed by atoms with Crippen LogP contribution in [-0.2, 0) is 9.53 Å². The highest BCUT2D eigenvalue weighted by molar-refractivity contribution is 9.10. The number of halogens is 2. The second kappa shape index (κ2) is 6.61. The van der Waals surface area contributed by atoms with Crippen LogP contribution in [0.1, 0.15) is 16.8 Å². The highest BCUT2D eigenvalue weighted by atomic mass is 79.9. The molecule has 1 aromatic carbocycles. The molecule has 17 heavy (non-hydrogen) atoms. The van der Waals surface area contributed by atoms with Gasteiger partial charge in [0.25, 0.3) is 5.91 Å². The Morgan fingerprint density at radius 3 is 2.82 bits per heavy atom. The van der Waals surface area contributed by atoms with E-state index in [4.69, 9.17) is 11.6 Å². The summed E-state index contributed by atoms with van der Waals surface area (Å²) in [6.45, 7) is 0.217. The first-order valence-electron chi connectivity index (χ1n) is 4.84. The molecule has 0 aromatic heterocycles. The topological polar surface area (TPSA) is 55.4 Å². The summed E-state index contributed by atoms with van der Waals surface area (Å²) in [6.07, 6.45) is 0.133. The normalized spacial score (nSPS) is 9.82. The Morgan fingerprint density at radius 1 is 1.47 bits per heavy atom. The van der Waals surface area contributed by atoms with Gasteiger partial charge in [-0.2, -0.15) is 0 Å². The molecular formula is C11H11BrClNO3. The van der Waals surface area contributed by atoms with E-state index >= 15 is 0 Å². The fraction of sp³-hybridized carbons (Fsp3) is 0.273. The molecule has 1 rings (SSSR count). The van der Waals surface area contributed by atoms with Gasteiger partial charge >= 0.3 is 5.97 Å². The summed E-state index contributed by atoms with van der Waals surface area (Å²) in [5, 5.41) is 2.95. The largest absolute Gasteiger partial charge is 0.469 e. The number of carbonyl (C=O) groups excluding carboxylic acids is 2. The van der Waals surface area contributed by atoms with E-state index in [1.54, 1.807) is 18.2 Å². The Labute approximate surface area is 112 Å². The van der Waals surface area contributed by atoms with Crippen LogP contribution in [0.25, 0.3) is 0 Å². The molecule has 0 aliphatic rings. The predicted molar refractivity (Wildman–Crippen MR) is 68.1 cm³/mol. The second-order valence-corrected chi connectivity index (χ2v) is 4.53. The summed E-state index contributed by atoms with van der Waals surface area (Å²) in [5.41, 5.74) is 0.367. The molecule has 1 amide bonds. The van der Waals surface area contributed by atoms with Crippen molar-refractivity contribution in [1.29, 1.82) is 0 Å². The third-order valence-electron chi connectivity index (χ3n) is 2.02. The Bertz CT molecular complexity index is 437. The van der Waals surface area contributed by atoms with Crippen LogP contribution in [0.15, 0.2) is 22.7 Å². The van der Waals surface area contributed by atoms with Gasteiger partial charge in [0.1, 0.15) is 0 Å². The van der Waals surface area contributed by atoms with Gasteiger partial charge in [0.05, 0.1) is 24.1 Å². The quantitative estimate of drug-likeness (QED) is 0.867. The molecule has 0 aliphatic carbocycles. The van der Waals surface area contributed by atoms with Crippen molar-refractivity contribution in [1.82, 2.24) is 5.32 Å². The molecule has 0 heterocycles. The summed E-state index contributed by atoms with van der Waals surface area (Å²) >= 11 is 9.14. The van der Waals surface area contributed by atoms with Crippen LogP contribution < -0.4 is 5.32 Å². The molecule has 0 atom stereocenters. The van der Waals surface area contributed by atoms with Gasteiger partial charge in [-0.1, -0.05) is 27.5 Å². The number of nitrogens with one attached hydrogen (secondary N) is 1. The number of methoxy groups -OCH3 is 1. The van der Waals surface area contributed by atoms with Gasteiger partial charge < -0.3 is 10.1 Å². The lowest BCUT2D eigenvalue weighted by Crippen LogP contribution is -2.26. The number of esters is 1. The van der Waals surface area contributed by atoms with Gasteiger partial charge in [-0.15, -0.1) is 0 Å². The molecule has 0 radical (unpaired) electrons. The molecule has 0 saturated carbocycles. The average molecular weight is 321 g/mol. The van der Waals surface area contributed by atoms with Gasteiger partial charge in [0, 0.05) is 11.0 Å². The minimum Gasteiger partial charge on any atom is -0.469 e. The van der Waals surface area contributed by atoms with Crippen molar-refractivity contribution in [3.63, 3.8) is 0 Å². The standard InChI is InChI=1S/C11H11BrClNO3/c1-17-10(15)4-5-14-11(16)8-6-7(12)2-3-9(8)13/h2-3,6H,4-5H2,1H3,(H,14,16). The monoisotopic (exact) mass is 319 g/mol. The summed E-state index contributed by atoms with van der Waals surface area (Å²) < 4.78 is 5.22. The first-order valence-corrected chi connectivity index (χ1v) is 6.01. The number of hydrogen-bond donors (Lipinski definition) is 1. The molecule has 6 heteroatoms. The van der Waals surface area contributed by atoms with Gasteiger partial charge in [-0.05, 0) is 18.2 Å². The lowest BCUT2D eigenvalue weighted by atomic mass is 10.2. The first-order chi connectivity index (χ1) is 8.04. The van der Waals surface area contributed by atoms with E-state index in [0.29, 0.717) is 10.6 Å². The van der Waals surface area contributed by atoms with Gasteiger partial charge in [0.2, 0.25) is 0 Å². The van der Waals surface area contributed by atoms with Gasteiger partial charge in [-0.25, -0.2) is 0 Å². The fourth-order valence-corrected chi connectivity index (χ4v) is 1.71. The molecule has 0 bridgehead atoms. The number of benzene rings is 1.